The lowest BCUT2D eigenvalue weighted by atomic mass is 9.83. The highest BCUT2D eigenvalue weighted by Gasteiger charge is 2.40. The van der Waals surface area contributed by atoms with E-state index in [9.17, 15) is 0 Å². The molecule has 102 valence electrons. The monoisotopic (exact) mass is 268 g/mol. The topological polar surface area (TPSA) is 47.3 Å². The van der Waals surface area contributed by atoms with Crippen LogP contribution in [0.4, 0.5) is 0 Å². The molecule has 0 aromatic carbocycles. The van der Waals surface area contributed by atoms with Gasteiger partial charge in [-0.3, -0.25) is 11.3 Å². The molecule has 0 aliphatic heterocycles. The smallest absolute Gasteiger partial charge is 0.0889 e. The predicted octanol–water partition coefficient (Wildman–Crippen LogP) is 3.38. The summed E-state index contributed by atoms with van der Waals surface area (Å²) in [6, 6.07) is 2.27. The maximum Gasteiger partial charge on any atom is 0.0889 e. The average molecular weight is 268 g/mol. The fourth-order valence-corrected chi connectivity index (χ4v) is 3.81. The van der Waals surface area contributed by atoms with Crippen LogP contribution < -0.4 is 11.3 Å². The van der Waals surface area contributed by atoms with Crippen molar-refractivity contribution in [1.82, 2.24) is 5.43 Å². The van der Waals surface area contributed by atoms with Crippen LogP contribution in [0, 0.1) is 0 Å². The van der Waals surface area contributed by atoms with E-state index < -0.39 is 0 Å². The Hall–Kier alpha value is -0.420. The quantitative estimate of drug-likeness (QED) is 0.489. The first-order chi connectivity index (χ1) is 8.82. The summed E-state index contributed by atoms with van der Waals surface area (Å²) in [7, 11) is 0. The first-order valence-electron chi connectivity index (χ1n) is 6.94. The Morgan fingerprint density at radius 1 is 1.39 bits per heavy atom. The molecule has 1 aromatic heterocycles. The number of nitrogens with two attached hydrogens (primary N) is 1. The normalized spacial score (nSPS) is 21.4. The molecule has 1 aliphatic carbocycles. The number of ether oxygens (including phenoxy) is 1. The molecule has 1 fully saturated rings. The summed E-state index contributed by atoms with van der Waals surface area (Å²) in [5.74, 6) is 5.84. The Kier molecular flexibility index (Phi) is 5.18. The molecular weight excluding hydrogens is 244 g/mol. The van der Waals surface area contributed by atoms with Gasteiger partial charge in [0.15, 0.2) is 0 Å². The second-order valence-corrected chi connectivity index (χ2v) is 5.85. The lowest BCUT2D eigenvalue weighted by Gasteiger charge is -2.39. The third-order valence-corrected chi connectivity index (χ3v) is 4.65. The molecule has 0 bridgehead atoms. The van der Waals surface area contributed by atoms with Gasteiger partial charge < -0.3 is 4.74 Å². The van der Waals surface area contributed by atoms with Crippen LogP contribution in [0.2, 0.25) is 0 Å². The van der Waals surface area contributed by atoms with Crippen LogP contribution >= 0.6 is 11.3 Å². The van der Waals surface area contributed by atoms with Gasteiger partial charge in [0.2, 0.25) is 0 Å². The molecule has 1 aromatic rings. The highest BCUT2D eigenvalue weighted by atomic mass is 32.1. The minimum absolute atomic E-state index is 0.113. The second kappa shape index (κ2) is 6.66. The standard InChI is InChI=1S/C14H24N2OS/c1-2-17-14(8-5-3-4-6-9-14)13(16-15)12-7-10-18-11-12/h7,10-11,13,16H,2-6,8-9,15H2,1H3. The predicted molar refractivity (Wildman–Crippen MR) is 76.4 cm³/mol. The van der Waals surface area contributed by atoms with Crippen molar-refractivity contribution in [2.45, 2.75) is 57.1 Å². The zero-order valence-electron chi connectivity index (χ0n) is 11.2. The van der Waals surface area contributed by atoms with Crippen LogP contribution in [0.25, 0.3) is 0 Å². The Bertz CT molecular complexity index is 332. The summed E-state index contributed by atoms with van der Waals surface area (Å²) in [6.07, 6.45) is 7.31. The third kappa shape index (κ3) is 2.94. The fraction of sp³-hybridized carbons (Fsp3) is 0.714. The van der Waals surface area contributed by atoms with Gasteiger partial charge in [0, 0.05) is 6.61 Å². The van der Waals surface area contributed by atoms with E-state index in [-0.39, 0.29) is 11.6 Å². The number of nitrogens with one attached hydrogen (secondary N) is 1. The summed E-state index contributed by atoms with van der Waals surface area (Å²) in [4.78, 5) is 0. The molecule has 0 radical (unpaired) electrons. The summed E-state index contributed by atoms with van der Waals surface area (Å²) >= 11 is 1.72. The molecule has 3 nitrogen and oxygen atoms in total. The van der Waals surface area contributed by atoms with Gasteiger partial charge in [0.1, 0.15) is 0 Å². The minimum Gasteiger partial charge on any atom is -0.373 e. The minimum atomic E-state index is -0.124. The molecule has 0 amide bonds. The Morgan fingerprint density at radius 3 is 2.61 bits per heavy atom. The average Bonchev–Trinajstić information content (AvgIpc) is 2.78. The van der Waals surface area contributed by atoms with E-state index in [0.29, 0.717) is 0 Å². The first-order valence-corrected chi connectivity index (χ1v) is 7.89. The van der Waals surface area contributed by atoms with Crippen LogP contribution in [0.5, 0.6) is 0 Å². The molecule has 1 saturated carbocycles. The van der Waals surface area contributed by atoms with Crippen molar-refractivity contribution in [3.05, 3.63) is 22.4 Å². The van der Waals surface area contributed by atoms with Crippen molar-refractivity contribution in [3.8, 4) is 0 Å². The number of thiophene rings is 1. The Labute approximate surface area is 114 Å². The van der Waals surface area contributed by atoms with Gasteiger partial charge in [-0.2, -0.15) is 11.3 Å². The largest absolute Gasteiger partial charge is 0.373 e. The Balaban J connectivity index is 2.25. The van der Waals surface area contributed by atoms with Gasteiger partial charge >= 0.3 is 0 Å². The van der Waals surface area contributed by atoms with Crippen LogP contribution in [-0.4, -0.2) is 12.2 Å². The lowest BCUT2D eigenvalue weighted by molar-refractivity contribution is -0.0782. The van der Waals surface area contributed by atoms with Crippen LogP contribution in [0.3, 0.4) is 0 Å². The van der Waals surface area contributed by atoms with E-state index in [4.69, 9.17) is 10.6 Å². The molecule has 1 aliphatic rings. The van der Waals surface area contributed by atoms with E-state index in [0.717, 1.165) is 19.4 Å². The van der Waals surface area contributed by atoms with E-state index in [1.807, 2.05) is 0 Å². The number of rotatable bonds is 5. The van der Waals surface area contributed by atoms with E-state index >= 15 is 0 Å². The molecule has 2 rings (SSSR count). The number of hydrazine groups is 1. The van der Waals surface area contributed by atoms with Crippen molar-refractivity contribution in [3.63, 3.8) is 0 Å². The molecule has 18 heavy (non-hydrogen) atoms. The molecule has 4 heteroatoms. The van der Waals surface area contributed by atoms with Crippen LogP contribution in [0.15, 0.2) is 16.8 Å². The van der Waals surface area contributed by atoms with Gasteiger partial charge in [0.25, 0.3) is 0 Å². The maximum absolute atomic E-state index is 6.19. The van der Waals surface area contributed by atoms with Crippen molar-refractivity contribution < 1.29 is 4.74 Å². The SMILES string of the molecule is CCOC1(C(NN)c2ccsc2)CCCCCC1. The zero-order valence-corrected chi connectivity index (χ0v) is 12.0. The summed E-state index contributed by atoms with van der Waals surface area (Å²) in [6.45, 7) is 2.83. The molecule has 1 atom stereocenters. The highest BCUT2D eigenvalue weighted by molar-refractivity contribution is 7.07. The van der Waals surface area contributed by atoms with E-state index in [1.165, 1.54) is 31.2 Å². The molecule has 1 unspecified atom stereocenters. The molecule has 3 N–H and O–H groups in total. The van der Waals surface area contributed by atoms with Gasteiger partial charge in [-0.15, -0.1) is 0 Å². The molecular formula is C14H24N2OS. The highest BCUT2D eigenvalue weighted by Crippen LogP contribution is 2.40. The fourth-order valence-electron chi connectivity index (χ4n) is 3.12. The van der Waals surface area contributed by atoms with E-state index in [1.54, 1.807) is 11.3 Å². The van der Waals surface area contributed by atoms with Crippen molar-refractivity contribution in [1.29, 1.82) is 0 Å². The van der Waals surface area contributed by atoms with Gasteiger partial charge in [-0.1, -0.05) is 25.7 Å². The third-order valence-electron chi connectivity index (χ3n) is 3.95. The summed E-state index contributed by atoms with van der Waals surface area (Å²) in [5.41, 5.74) is 4.15. The Morgan fingerprint density at radius 2 is 2.11 bits per heavy atom. The molecule has 0 saturated heterocycles. The van der Waals surface area contributed by atoms with Crippen LogP contribution in [-0.2, 0) is 4.74 Å². The van der Waals surface area contributed by atoms with Gasteiger partial charge in [-0.25, -0.2) is 0 Å². The van der Waals surface area contributed by atoms with Gasteiger partial charge in [0.05, 0.1) is 11.6 Å². The number of hydrogen-bond donors (Lipinski definition) is 2. The number of hydrogen-bond acceptors (Lipinski definition) is 4. The summed E-state index contributed by atoms with van der Waals surface area (Å²) in [5, 5.41) is 4.28. The summed E-state index contributed by atoms with van der Waals surface area (Å²) < 4.78 is 6.19. The van der Waals surface area contributed by atoms with Crippen molar-refractivity contribution in [2.75, 3.05) is 6.61 Å². The van der Waals surface area contributed by atoms with Gasteiger partial charge in [-0.05, 0) is 42.2 Å². The maximum atomic E-state index is 6.19. The lowest BCUT2D eigenvalue weighted by Crippen LogP contribution is -2.48. The zero-order chi connectivity index (χ0) is 12.8. The van der Waals surface area contributed by atoms with Crippen molar-refractivity contribution >= 4 is 11.3 Å². The second-order valence-electron chi connectivity index (χ2n) is 5.07. The van der Waals surface area contributed by atoms with E-state index in [2.05, 4.69) is 29.2 Å². The van der Waals surface area contributed by atoms with Crippen LogP contribution in [0.1, 0.15) is 57.1 Å². The molecule has 1 heterocycles. The first kappa shape index (κ1) is 14.0. The van der Waals surface area contributed by atoms with Crippen molar-refractivity contribution in [2.24, 2.45) is 5.84 Å². The molecule has 0 spiro atoms.